The third kappa shape index (κ3) is 2.47. The molecule has 102 valence electrons. The Bertz CT molecular complexity index is 506. The van der Waals surface area contributed by atoms with Gasteiger partial charge in [-0.15, -0.1) is 0 Å². The number of rotatable bonds is 3. The van der Waals surface area contributed by atoms with Gasteiger partial charge in [0.05, 0.1) is 6.54 Å². The van der Waals surface area contributed by atoms with Crippen molar-refractivity contribution in [3.05, 3.63) is 18.2 Å². The van der Waals surface area contributed by atoms with Crippen molar-refractivity contribution in [2.45, 2.75) is 31.8 Å². The molecule has 2 fully saturated rings. The molecule has 1 saturated carbocycles. The normalized spacial score (nSPS) is 24.3. The maximum absolute atomic E-state index is 12.5. The summed E-state index contributed by atoms with van der Waals surface area (Å²) in [6.45, 7) is 0.946. The van der Waals surface area contributed by atoms with Crippen LogP contribution in [0.2, 0.25) is 0 Å². The van der Waals surface area contributed by atoms with Gasteiger partial charge in [-0.05, 0) is 18.8 Å². The van der Waals surface area contributed by atoms with E-state index in [-0.39, 0.29) is 17.9 Å². The molecule has 1 aromatic heterocycles. The third-order valence-electron chi connectivity index (χ3n) is 3.85. The topological polar surface area (TPSA) is 67.2 Å². The number of carbonyl (C=O) groups is 2. The molecule has 0 spiro atoms. The van der Waals surface area contributed by atoms with Crippen molar-refractivity contribution in [3.8, 4) is 0 Å². The maximum Gasteiger partial charge on any atom is 0.245 e. The standard InChI is InChI=1S/C13H18N4O2/c1-16-7-5-14-10(16)8-17-6-4-11(18)15-12(13(17)19)9-2-3-9/h5,7,9,12H,2-4,6,8H2,1H3,(H,15,18). The van der Waals surface area contributed by atoms with Gasteiger partial charge in [-0.2, -0.15) is 0 Å². The van der Waals surface area contributed by atoms with E-state index in [1.807, 2.05) is 17.8 Å². The van der Waals surface area contributed by atoms with Crippen molar-refractivity contribution in [1.82, 2.24) is 19.8 Å². The first-order chi connectivity index (χ1) is 9.15. The highest BCUT2D eigenvalue weighted by atomic mass is 16.2. The summed E-state index contributed by atoms with van der Waals surface area (Å²) < 4.78 is 1.90. The molecular weight excluding hydrogens is 244 g/mol. The van der Waals surface area contributed by atoms with Gasteiger partial charge in [-0.25, -0.2) is 4.98 Å². The second-order valence-corrected chi connectivity index (χ2v) is 5.35. The van der Waals surface area contributed by atoms with E-state index in [0.29, 0.717) is 25.4 Å². The highest BCUT2D eigenvalue weighted by Crippen LogP contribution is 2.34. The number of aryl methyl sites for hydroxylation is 1. The Labute approximate surface area is 111 Å². The van der Waals surface area contributed by atoms with Crippen molar-refractivity contribution < 1.29 is 9.59 Å². The Morgan fingerprint density at radius 3 is 2.84 bits per heavy atom. The Morgan fingerprint density at radius 1 is 1.42 bits per heavy atom. The van der Waals surface area contributed by atoms with Crippen LogP contribution in [0, 0.1) is 5.92 Å². The molecule has 3 rings (SSSR count). The lowest BCUT2D eigenvalue weighted by atomic mass is 10.1. The lowest BCUT2D eigenvalue weighted by Gasteiger charge is -2.23. The Hall–Kier alpha value is -1.85. The second-order valence-electron chi connectivity index (χ2n) is 5.35. The van der Waals surface area contributed by atoms with Crippen LogP contribution in [-0.4, -0.2) is 38.9 Å². The molecule has 1 aromatic rings. The van der Waals surface area contributed by atoms with Crippen LogP contribution < -0.4 is 5.32 Å². The molecule has 1 aliphatic heterocycles. The average Bonchev–Trinajstić information content (AvgIpc) is 3.15. The van der Waals surface area contributed by atoms with Crippen LogP contribution in [0.25, 0.3) is 0 Å². The zero-order chi connectivity index (χ0) is 13.4. The van der Waals surface area contributed by atoms with Gasteiger partial charge in [-0.1, -0.05) is 0 Å². The fourth-order valence-electron chi connectivity index (χ4n) is 2.48. The van der Waals surface area contributed by atoms with Crippen LogP contribution >= 0.6 is 0 Å². The molecule has 2 amide bonds. The number of amides is 2. The molecular formula is C13H18N4O2. The molecule has 1 saturated heterocycles. The van der Waals surface area contributed by atoms with Crippen molar-refractivity contribution in [1.29, 1.82) is 0 Å². The summed E-state index contributed by atoms with van der Waals surface area (Å²) in [5, 5.41) is 2.86. The summed E-state index contributed by atoms with van der Waals surface area (Å²) >= 11 is 0. The van der Waals surface area contributed by atoms with Crippen molar-refractivity contribution in [2.75, 3.05) is 6.54 Å². The molecule has 1 atom stereocenters. The second kappa shape index (κ2) is 4.68. The van der Waals surface area contributed by atoms with Crippen molar-refractivity contribution in [3.63, 3.8) is 0 Å². The molecule has 19 heavy (non-hydrogen) atoms. The summed E-state index contributed by atoms with van der Waals surface area (Å²) in [5.74, 6) is 1.19. The smallest absolute Gasteiger partial charge is 0.245 e. The summed E-state index contributed by atoms with van der Waals surface area (Å²) in [4.78, 5) is 30.2. The minimum absolute atomic E-state index is 0.0207. The van der Waals surface area contributed by atoms with E-state index < -0.39 is 0 Å². The quantitative estimate of drug-likeness (QED) is 0.837. The minimum atomic E-state index is -0.324. The van der Waals surface area contributed by atoms with Crippen LogP contribution in [0.3, 0.4) is 0 Å². The molecule has 6 heteroatoms. The molecule has 6 nitrogen and oxygen atoms in total. The summed E-state index contributed by atoms with van der Waals surface area (Å²) in [6, 6.07) is -0.324. The molecule has 1 N–H and O–H groups in total. The third-order valence-corrected chi connectivity index (χ3v) is 3.85. The molecule has 1 aliphatic carbocycles. The summed E-state index contributed by atoms with van der Waals surface area (Å²) in [6.07, 6.45) is 6.03. The van der Waals surface area contributed by atoms with E-state index in [2.05, 4.69) is 10.3 Å². The lowest BCUT2D eigenvalue weighted by Crippen LogP contribution is -2.46. The Balaban J connectivity index is 1.77. The molecule has 0 bridgehead atoms. The zero-order valence-corrected chi connectivity index (χ0v) is 11.0. The fraction of sp³-hybridized carbons (Fsp3) is 0.615. The lowest BCUT2D eigenvalue weighted by molar-refractivity contribution is -0.134. The van der Waals surface area contributed by atoms with Gasteiger partial charge in [0.1, 0.15) is 11.9 Å². The molecule has 2 aliphatic rings. The van der Waals surface area contributed by atoms with Gasteiger partial charge in [0.15, 0.2) is 0 Å². The number of nitrogens with zero attached hydrogens (tertiary/aromatic N) is 3. The minimum Gasteiger partial charge on any atom is -0.344 e. The van der Waals surface area contributed by atoms with E-state index in [1.165, 1.54) is 0 Å². The fourth-order valence-corrected chi connectivity index (χ4v) is 2.48. The van der Waals surface area contributed by atoms with E-state index in [9.17, 15) is 9.59 Å². The van der Waals surface area contributed by atoms with E-state index >= 15 is 0 Å². The van der Waals surface area contributed by atoms with Crippen molar-refractivity contribution >= 4 is 11.8 Å². The number of hydrogen-bond acceptors (Lipinski definition) is 3. The van der Waals surface area contributed by atoms with Crippen LogP contribution in [0.1, 0.15) is 25.1 Å². The van der Waals surface area contributed by atoms with Crippen molar-refractivity contribution in [2.24, 2.45) is 13.0 Å². The summed E-state index contributed by atoms with van der Waals surface area (Å²) in [5.41, 5.74) is 0. The number of hydrogen-bond donors (Lipinski definition) is 1. The highest BCUT2D eigenvalue weighted by Gasteiger charge is 2.41. The largest absolute Gasteiger partial charge is 0.344 e. The molecule has 0 aromatic carbocycles. The first-order valence-electron chi connectivity index (χ1n) is 6.69. The Morgan fingerprint density at radius 2 is 2.21 bits per heavy atom. The highest BCUT2D eigenvalue weighted by molar-refractivity contribution is 5.90. The number of imidazole rings is 1. The van der Waals surface area contributed by atoms with Gasteiger partial charge in [0.2, 0.25) is 11.8 Å². The molecule has 1 unspecified atom stereocenters. The van der Waals surface area contributed by atoms with Crippen LogP contribution in [0.15, 0.2) is 12.4 Å². The molecule has 2 heterocycles. The maximum atomic E-state index is 12.5. The number of carbonyl (C=O) groups excluding carboxylic acids is 2. The van der Waals surface area contributed by atoms with E-state index in [0.717, 1.165) is 18.7 Å². The molecule has 0 radical (unpaired) electrons. The van der Waals surface area contributed by atoms with Gasteiger partial charge < -0.3 is 14.8 Å². The van der Waals surface area contributed by atoms with Gasteiger partial charge >= 0.3 is 0 Å². The van der Waals surface area contributed by atoms with Gasteiger partial charge in [0.25, 0.3) is 0 Å². The van der Waals surface area contributed by atoms with Crippen LogP contribution in [-0.2, 0) is 23.2 Å². The monoisotopic (exact) mass is 262 g/mol. The first kappa shape index (κ1) is 12.2. The predicted octanol–water partition coefficient (Wildman–Crippen LogP) is 0.0472. The first-order valence-corrected chi connectivity index (χ1v) is 6.69. The van der Waals surface area contributed by atoms with Crippen LogP contribution in [0.4, 0.5) is 0 Å². The predicted molar refractivity (Wildman–Crippen MR) is 67.9 cm³/mol. The average molecular weight is 262 g/mol. The number of aromatic nitrogens is 2. The van der Waals surface area contributed by atoms with E-state index in [1.54, 1.807) is 11.1 Å². The SMILES string of the molecule is Cn1ccnc1CN1CCC(=O)NC(C2CC2)C1=O. The van der Waals surface area contributed by atoms with E-state index in [4.69, 9.17) is 0 Å². The van der Waals surface area contributed by atoms with Gasteiger partial charge in [0, 0.05) is 32.4 Å². The summed E-state index contributed by atoms with van der Waals surface area (Å²) in [7, 11) is 1.91. The Kier molecular flexibility index (Phi) is 3.00. The van der Waals surface area contributed by atoms with Gasteiger partial charge in [-0.3, -0.25) is 9.59 Å². The van der Waals surface area contributed by atoms with Crippen LogP contribution in [0.5, 0.6) is 0 Å². The zero-order valence-electron chi connectivity index (χ0n) is 11.0. The number of nitrogens with one attached hydrogen (secondary N) is 1.